The molecule has 20 heavy (non-hydrogen) atoms. The summed E-state index contributed by atoms with van der Waals surface area (Å²) >= 11 is 1.65. The molecule has 3 aromatic rings. The van der Waals surface area contributed by atoms with Crippen molar-refractivity contribution < 1.29 is 5.02 Å². The quantitative estimate of drug-likeness (QED) is 0.529. The Morgan fingerprint density at radius 3 is 2.25 bits per heavy atom. The predicted octanol–water partition coefficient (Wildman–Crippen LogP) is 3.22. The second-order valence-corrected chi connectivity index (χ2v) is 6.10. The molecule has 0 fully saturated rings. The van der Waals surface area contributed by atoms with Gasteiger partial charge in [0.1, 0.15) is 0 Å². The van der Waals surface area contributed by atoms with Crippen LogP contribution in [0.25, 0.3) is 21.6 Å². The zero-order valence-corrected chi connectivity index (χ0v) is 11.7. The summed E-state index contributed by atoms with van der Waals surface area (Å²) in [6.07, 6.45) is 0.964. The molecule has 1 heterocycles. The van der Waals surface area contributed by atoms with Gasteiger partial charge in [0.2, 0.25) is 0 Å². The van der Waals surface area contributed by atoms with Gasteiger partial charge in [0.15, 0.2) is 0 Å². The van der Waals surface area contributed by atoms with E-state index in [9.17, 15) is 5.02 Å². The Hall–Kier alpha value is -1.84. The Labute approximate surface area is 122 Å². The van der Waals surface area contributed by atoms with Crippen molar-refractivity contribution in [2.45, 2.75) is 6.42 Å². The van der Waals surface area contributed by atoms with Crippen LogP contribution in [0.2, 0.25) is 0 Å². The molecule has 0 spiro atoms. The molecule has 0 saturated heterocycles. The highest BCUT2D eigenvalue weighted by Crippen LogP contribution is 2.42. The van der Waals surface area contributed by atoms with Crippen molar-refractivity contribution >= 4 is 23.6 Å². The minimum Gasteiger partial charge on any atom is -0.449 e. The second-order valence-electron chi connectivity index (χ2n) is 5.01. The predicted molar refractivity (Wildman–Crippen MR) is 85.6 cm³/mol. The molecule has 1 aliphatic carbocycles. The lowest BCUT2D eigenvalue weighted by molar-refractivity contribution is 0.616. The highest BCUT2D eigenvalue weighted by atomic mass is 32.1. The molecule has 0 amide bonds. The molecular weight excluding hydrogens is 263 g/mol. The van der Waals surface area contributed by atoms with Crippen LogP contribution in [0.5, 0.6) is 0 Å². The Balaban J connectivity index is 2.08. The van der Waals surface area contributed by atoms with Crippen molar-refractivity contribution in [2.24, 2.45) is 0 Å². The largest absolute Gasteiger partial charge is 0.449 e. The van der Waals surface area contributed by atoms with E-state index >= 15 is 0 Å². The normalized spacial score (nSPS) is 12.1. The van der Waals surface area contributed by atoms with E-state index in [0.29, 0.717) is 0 Å². The average Bonchev–Trinajstić information content (AvgIpc) is 2.87. The Morgan fingerprint density at radius 2 is 1.50 bits per heavy atom. The van der Waals surface area contributed by atoms with Crippen LogP contribution >= 0.6 is 11.3 Å². The fraction of sp³-hybridized carbons (Fsp3) is 0.0588. The number of rotatable bonds is 1. The van der Waals surface area contributed by atoms with Gasteiger partial charge < -0.3 is 5.02 Å². The summed E-state index contributed by atoms with van der Waals surface area (Å²) in [6.45, 7) is 0. The minimum absolute atomic E-state index is 0.904. The van der Waals surface area contributed by atoms with Crippen LogP contribution in [-0.2, 0) is 6.42 Å². The van der Waals surface area contributed by atoms with Crippen LogP contribution in [0.4, 0.5) is 0 Å². The highest BCUT2D eigenvalue weighted by Gasteiger charge is 2.21. The number of hydrogen-bond acceptors (Lipinski definition) is 2. The lowest BCUT2D eigenvalue weighted by Gasteiger charge is -2.05. The molecule has 0 unspecified atom stereocenters. The topological polar surface area (TPSA) is 20.2 Å². The van der Waals surface area contributed by atoms with Gasteiger partial charge in [-0.25, -0.2) is 0 Å². The molecular formula is C17H12BOS. The summed E-state index contributed by atoms with van der Waals surface area (Å²) < 4.78 is 0.904. The van der Waals surface area contributed by atoms with Gasteiger partial charge in [0.25, 0.3) is 0 Å². The van der Waals surface area contributed by atoms with E-state index in [1.807, 2.05) is 0 Å². The molecule has 4 rings (SSSR count). The van der Waals surface area contributed by atoms with E-state index in [1.165, 1.54) is 40.2 Å². The maximum absolute atomic E-state index is 9.34. The number of benzene rings is 2. The molecule has 1 radical (unpaired) electrons. The monoisotopic (exact) mass is 275 g/mol. The minimum atomic E-state index is 0.904. The first-order valence-electron chi connectivity index (χ1n) is 6.64. The molecule has 1 N–H and O–H groups in total. The standard InChI is InChI=1S/C17H12BOS/c19-18-16-10-15-13-7-3-1-5-11(13)9-12-6-2-4-8-14(12)17(15)20-16/h1-8,10,19H,9H2. The third-order valence-electron chi connectivity index (χ3n) is 3.83. The second kappa shape index (κ2) is 4.62. The summed E-state index contributed by atoms with van der Waals surface area (Å²) in [5.41, 5.74) is 6.50. The van der Waals surface area contributed by atoms with Crippen molar-refractivity contribution in [1.82, 2.24) is 0 Å². The first-order chi connectivity index (χ1) is 9.86. The Morgan fingerprint density at radius 1 is 0.850 bits per heavy atom. The van der Waals surface area contributed by atoms with Crippen molar-refractivity contribution in [2.75, 3.05) is 0 Å². The lowest BCUT2D eigenvalue weighted by atomic mass is 9.95. The van der Waals surface area contributed by atoms with E-state index < -0.39 is 0 Å². The van der Waals surface area contributed by atoms with Crippen molar-refractivity contribution in [3.05, 3.63) is 65.7 Å². The highest BCUT2D eigenvalue weighted by molar-refractivity contribution is 7.24. The van der Waals surface area contributed by atoms with Crippen molar-refractivity contribution in [3.63, 3.8) is 0 Å². The maximum atomic E-state index is 9.34. The summed E-state index contributed by atoms with van der Waals surface area (Å²) in [6, 6.07) is 19.2. The van der Waals surface area contributed by atoms with Crippen LogP contribution in [-0.4, -0.2) is 12.5 Å². The van der Waals surface area contributed by atoms with Crippen LogP contribution < -0.4 is 4.78 Å². The first-order valence-corrected chi connectivity index (χ1v) is 7.46. The fourth-order valence-electron chi connectivity index (χ4n) is 2.91. The van der Waals surface area contributed by atoms with Gasteiger partial charge in [-0.3, -0.25) is 0 Å². The van der Waals surface area contributed by atoms with Gasteiger partial charge >= 0.3 is 7.48 Å². The van der Waals surface area contributed by atoms with Gasteiger partial charge in [-0.05, 0) is 34.7 Å². The Kier molecular flexibility index (Phi) is 2.76. The third kappa shape index (κ3) is 1.74. The zero-order chi connectivity index (χ0) is 13.5. The summed E-state index contributed by atoms with van der Waals surface area (Å²) in [5.74, 6) is 0. The van der Waals surface area contributed by atoms with E-state index in [1.54, 1.807) is 11.3 Å². The van der Waals surface area contributed by atoms with Gasteiger partial charge in [-0.1, -0.05) is 48.5 Å². The van der Waals surface area contributed by atoms with Gasteiger partial charge in [0, 0.05) is 15.2 Å². The molecule has 3 heteroatoms. The maximum Gasteiger partial charge on any atom is 0.337 e. The van der Waals surface area contributed by atoms with E-state index in [0.717, 1.165) is 11.2 Å². The molecule has 1 nitrogen and oxygen atoms in total. The summed E-state index contributed by atoms with van der Waals surface area (Å²) in [4.78, 5) is 1.26. The Bertz CT molecular complexity index is 728. The smallest absolute Gasteiger partial charge is 0.337 e. The molecule has 1 aliphatic rings. The average molecular weight is 275 g/mol. The van der Waals surface area contributed by atoms with Crippen LogP contribution in [0.1, 0.15) is 11.1 Å². The van der Waals surface area contributed by atoms with Crippen molar-refractivity contribution in [3.8, 4) is 21.6 Å². The van der Waals surface area contributed by atoms with Gasteiger partial charge in [-0.2, -0.15) is 0 Å². The molecule has 2 aromatic carbocycles. The fourth-order valence-corrected chi connectivity index (χ4v) is 3.97. The molecule has 0 aliphatic heterocycles. The van der Waals surface area contributed by atoms with E-state index in [4.69, 9.17) is 0 Å². The first kappa shape index (κ1) is 11.9. The molecule has 0 saturated carbocycles. The SMILES string of the molecule is O[B]c1cc2c(s1)-c1ccccc1Cc1ccccc1-2. The van der Waals surface area contributed by atoms with Crippen LogP contribution in [0, 0.1) is 0 Å². The van der Waals surface area contributed by atoms with Crippen LogP contribution in [0.3, 0.4) is 0 Å². The van der Waals surface area contributed by atoms with Gasteiger partial charge in [0.05, 0.1) is 0 Å². The molecule has 0 atom stereocenters. The number of fused-ring (bicyclic) bond motifs is 5. The number of thiophene rings is 1. The lowest BCUT2D eigenvalue weighted by Crippen LogP contribution is -2.06. The van der Waals surface area contributed by atoms with E-state index in [2.05, 4.69) is 54.6 Å². The van der Waals surface area contributed by atoms with Crippen LogP contribution in [0.15, 0.2) is 54.6 Å². The number of hydrogen-bond donors (Lipinski definition) is 1. The van der Waals surface area contributed by atoms with E-state index in [-0.39, 0.29) is 0 Å². The summed E-state index contributed by atoms with van der Waals surface area (Å²) in [5, 5.41) is 9.34. The zero-order valence-electron chi connectivity index (χ0n) is 10.8. The third-order valence-corrected chi connectivity index (χ3v) is 4.93. The molecule has 0 bridgehead atoms. The molecule has 95 valence electrons. The summed E-state index contributed by atoms with van der Waals surface area (Å²) in [7, 11) is 1.20. The van der Waals surface area contributed by atoms with Crippen molar-refractivity contribution in [1.29, 1.82) is 0 Å². The molecule has 1 aromatic heterocycles. The van der Waals surface area contributed by atoms with Gasteiger partial charge in [-0.15, -0.1) is 11.3 Å².